The average molecular weight is 428 g/mol. The number of carboxylic acid groups (broad SMARTS) is 1. The number of rotatable bonds is 17. The Labute approximate surface area is 180 Å². The molecule has 0 saturated heterocycles. The Hall–Kier alpha value is -1.87. The van der Waals surface area contributed by atoms with Gasteiger partial charge in [0, 0.05) is 45.9 Å². The highest BCUT2D eigenvalue weighted by Crippen LogP contribution is 2.44. The van der Waals surface area contributed by atoms with Crippen molar-refractivity contribution in [3.63, 3.8) is 0 Å². The quantitative estimate of drug-likeness (QED) is 0.380. The second-order valence-corrected chi connectivity index (χ2v) is 6.53. The summed E-state index contributed by atoms with van der Waals surface area (Å²) in [5, 5.41) is 10.6. The van der Waals surface area contributed by atoms with Crippen molar-refractivity contribution in [2.24, 2.45) is 0 Å². The predicted octanol–water partition coefficient (Wildman–Crippen LogP) is 2.79. The van der Waals surface area contributed by atoms with E-state index in [1.165, 1.54) is 14.2 Å². The molecule has 8 nitrogen and oxygen atoms in total. The second-order valence-electron chi connectivity index (χ2n) is 6.53. The number of methoxy groups -OCH3 is 2. The standard InChI is InChI=1S/C22H37NO7/c1-6-28-15-12-22(21(24)25,20-18(26-4)10-9-11-19(20)27-5)23(13-16-29-7-2)14-17-30-8-3/h9-11H,6-8,12-17H2,1-5H3,(H,24,25). The number of benzene rings is 1. The van der Waals surface area contributed by atoms with E-state index in [1.807, 2.05) is 25.7 Å². The van der Waals surface area contributed by atoms with Gasteiger partial charge in [-0.05, 0) is 32.9 Å². The molecule has 0 aromatic heterocycles. The molecule has 0 fully saturated rings. The van der Waals surface area contributed by atoms with Gasteiger partial charge in [0.1, 0.15) is 11.5 Å². The molecule has 0 heterocycles. The van der Waals surface area contributed by atoms with Gasteiger partial charge in [0.05, 0.1) is 33.0 Å². The Morgan fingerprint density at radius 2 is 1.37 bits per heavy atom. The number of carboxylic acids is 1. The smallest absolute Gasteiger partial charge is 0.329 e. The molecule has 0 aliphatic carbocycles. The lowest BCUT2D eigenvalue weighted by Crippen LogP contribution is -2.55. The van der Waals surface area contributed by atoms with E-state index in [0.717, 1.165) is 0 Å². The minimum Gasteiger partial charge on any atom is -0.496 e. The van der Waals surface area contributed by atoms with Crippen LogP contribution in [0.4, 0.5) is 0 Å². The predicted molar refractivity (Wildman–Crippen MR) is 115 cm³/mol. The molecule has 1 aromatic carbocycles. The van der Waals surface area contributed by atoms with Gasteiger partial charge in [-0.3, -0.25) is 4.90 Å². The molecule has 0 radical (unpaired) electrons. The van der Waals surface area contributed by atoms with Gasteiger partial charge in [-0.1, -0.05) is 6.07 Å². The lowest BCUT2D eigenvalue weighted by Gasteiger charge is -2.42. The van der Waals surface area contributed by atoms with Crippen LogP contribution in [0, 0.1) is 0 Å². The summed E-state index contributed by atoms with van der Waals surface area (Å²) in [5.41, 5.74) is -0.975. The van der Waals surface area contributed by atoms with Gasteiger partial charge >= 0.3 is 5.97 Å². The molecule has 172 valence electrons. The van der Waals surface area contributed by atoms with Crippen LogP contribution in [0.3, 0.4) is 0 Å². The molecular formula is C22H37NO7. The number of hydrogen-bond acceptors (Lipinski definition) is 7. The molecule has 1 atom stereocenters. The van der Waals surface area contributed by atoms with Crippen LogP contribution in [0.15, 0.2) is 18.2 Å². The Balaban J connectivity index is 3.61. The molecule has 30 heavy (non-hydrogen) atoms. The van der Waals surface area contributed by atoms with E-state index in [2.05, 4.69) is 0 Å². The molecule has 1 aromatic rings. The van der Waals surface area contributed by atoms with Crippen LogP contribution in [-0.4, -0.2) is 82.9 Å². The van der Waals surface area contributed by atoms with Gasteiger partial charge in [-0.15, -0.1) is 0 Å². The highest BCUT2D eigenvalue weighted by atomic mass is 16.5. The number of carbonyl (C=O) groups is 1. The molecule has 0 aliphatic rings. The van der Waals surface area contributed by atoms with Crippen LogP contribution in [0.2, 0.25) is 0 Å². The van der Waals surface area contributed by atoms with E-state index in [-0.39, 0.29) is 13.0 Å². The van der Waals surface area contributed by atoms with E-state index < -0.39 is 11.5 Å². The first-order chi connectivity index (χ1) is 14.5. The first-order valence-electron chi connectivity index (χ1n) is 10.5. The molecule has 0 amide bonds. The zero-order valence-electron chi connectivity index (χ0n) is 18.9. The van der Waals surface area contributed by atoms with Gasteiger partial charge in [0.15, 0.2) is 5.54 Å². The molecule has 8 heteroatoms. The fourth-order valence-electron chi connectivity index (χ4n) is 3.55. The van der Waals surface area contributed by atoms with Crippen molar-refractivity contribution in [1.82, 2.24) is 4.90 Å². The van der Waals surface area contributed by atoms with Crippen molar-refractivity contribution in [2.45, 2.75) is 32.7 Å². The maximum Gasteiger partial charge on any atom is 0.329 e. The van der Waals surface area contributed by atoms with Crippen LogP contribution in [-0.2, 0) is 24.5 Å². The minimum absolute atomic E-state index is 0.213. The normalized spacial score (nSPS) is 13.3. The third-order valence-corrected chi connectivity index (χ3v) is 4.97. The van der Waals surface area contributed by atoms with Gasteiger partial charge in [0.2, 0.25) is 0 Å². The Morgan fingerprint density at radius 3 is 1.77 bits per heavy atom. The van der Waals surface area contributed by atoms with E-state index in [1.54, 1.807) is 18.2 Å². The van der Waals surface area contributed by atoms with E-state index in [4.69, 9.17) is 23.7 Å². The molecule has 0 aliphatic heterocycles. The molecule has 0 bridgehead atoms. The van der Waals surface area contributed by atoms with Crippen molar-refractivity contribution in [2.75, 3.05) is 67.0 Å². The monoisotopic (exact) mass is 427 g/mol. The summed E-state index contributed by atoms with van der Waals surface area (Å²) in [6.07, 6.45) is 0.213. The fourth-order valence-corrected chi connectivity index (χ4v) is 3.55. The van der Waals surface area contributed by atoms with Crippen molar-refractivity contribution in [3.05, 3.63) is 23.8 Å². The fraction of sp³-hybridized carbons (Fsp3) is 0.682. The van der Waals surface area contributed by atoms with Crippen LogP contribution in [0.1, 0.15) is 32.8 Å². The summed E-state index contributed by atoms with van der Waals surface area (Å²) in [5.74, 6) is -0.102. The minimum atomic E-state index is -1.44. The largest absolute Gasteiger partial charge is 0.496 e. The highest BCUT2D eigenvalue weighted by molar-refractivity contribution is 5.83. The van der Waals surface area contributed by atoms with Crippen molar-refractivity contribution < 1.29 is 33.6 Å². The lowest BCUT2D eigenvalue weighted by atomic mass is 9.83. The maximum atomic E-state index is 13.0. The molecule has 0 spiro atoms. The zero-order valence-corrected chi connectivity index (χ0v) is 18.9. The summed E-state index contributed by atoms with van der Waals surface area (Å²) >= 11 is 0. The number of ether oxygens (including phenoxy) is 5. The molecule has 1 unspecified atom stereocenters. The van der Waals surface area contributed by atoms with Crippen molar-refractivity contribution in [1.29, 1.82) is 0 Å². The SMILES string of the molecule is CCOCCN(CCOCC)C(CCOCC)(C(=O)O)c1c(OC)cccc1OC. The first-order valence-corrected chi connectivity index (χ1v) is 10.5. The maximum absolute atomic E-state index is 13.0. The lowest BCUT2D eigenvalue weighted by molar-refractivity contribution is -0.156. The zero-order chi connectivity index (χ0) is 22.4. The molecule has 1 N–H and O–H groups in total. The van der Waals surface area contributed by atoms with Crippen molar-refractivity contribution in [3.8, 4) is 11.5 Å². The number of aliphatic carboxylic acids is 1. The average Bonchev–Trinajstić information content (AvgIpc) is 2.75. The van der Waals surface area contributed by atoms with Crippen LogP contribution in [0.5, 0.6) is 11.5 Å². The number of nitrogens with zero attached hydrogens (tertiary/aromatic N) is 1. The van der Waals surface area contributed by atoms with Crippen molar-refractivity contribution >= 4 is 5.97 Å². The summed E-state index contributed by atoms with van der Waals surface area (Å²) < 4.78 is 27.8. The van der Waals surface area contributed by atoms with Gasteiger partial charge in [-0.2, -0.15) is 0 Å². The van der Waals surface area contributed by atoms with E-state index in [0.29, 0.717) is 63.2 Å². The Kier molecular flexibility index (Phi) is 12.4. The molecular weight excluding hydrogens is 390 g/mol. The van der Waals surface area contributed by atoms with Gasteiger partial charge in [-0.25, -0.2) is 4.79 Å². The summed E-state index contributed by atoms with van der Waals surface area (Å²) in [7, 11) is 3.05. The summed E-state index contributed by atoms with van der Waals surface area (Å²) in [6.45, 7) is 9.16. The summed E-state index contributed by atoms with van der Waals surface area (Å²) in [6, 6.07) is 5.28. The third kappa shape index (κ3) is 6.57. The van der Waals surface area contributed by atoms with Gasteiger partial charge < -0.3 is 28.8 Å². The van der Waals surface area contributed by atoms with Gasteiger partial charge in [0.25, 0.3) is 0 Å². The second kappa shape index (κ2) is 14.2. The molecule has 1 rings (SSSR count). The van der Waals surface area contributed by atoms with E-state index in [9.17, 15) is 9.90 Å². The van der Waals surface area contributed by atoms with Crippen LogP contribution >= 0.6 is 0 Å². The Morgan fingerprint density at radius 1 is 0.900 bits per heavy atom. The third-order valence-electron chi connectivity index (χ3n) is 4.97. The Bertz CT molecular complexity index is 593. The van der Waals surface area contributed by atoms with E-state index >= 15 is 0 Å². The number of hydrogen-bond donors (Lipinski definition) is 1. The summed E-state index contributed by atoms with van der Waals surface area (Å²) in [4.78, 5) is 14.8. The molecule has 0 saturated carbocycles. The highest BCUT2D eigenvalue weighted by Gasteiger charge is 2.49. The first kappa shape index (κ1) is 26.2. The van der Waals surface area contributed by atoms with Crippen LogP contribution < -0.4 is 9.47 Å². The van der Waals surface area contributed by atoms with Crippen LogP contribution in [0.25, 0.3) is 0 Å². The topological polar surface area (TPSA) is 86.7 Å².